The van der Waals surface area contributed by atoms with Crippen molar-refractivity contribution in [2.75, 3.05) is 11.4 Å². The van der Waals surface area contributed by atoms with Crippen molar-refractivity contribution >= 4 is 11.6 Å². The maximum absolute atomic E-state index is 6.15. The van der Waals surface area contributed by atoms with Gasteiger partial charge in [0.25, 0.3) is 0 Å². The smallest absolute Gasteiger partial charge is 0.196 e. The zero-order valence-electron chi connectivity index (χ0n) is 12.0. The van der Waals surface area contributed by atoms with Gasteiger partial charge in [-0.25, -0.2) is 4.99 Å². The lowest BCUT2D eigenvalue weighted by Crippen LogP contribution is -2.40. The second-order valence-corrected chi connectivity index (χ2v) is 5.48. The Morgan fingerprint density at radius 1 is 1.22 bits per heavy atom. The van der Waals surface area contributed by atoms with Gasteiger partial charge in [-0.05, 0) is 39.3 Å². The molecule has 0 saturated heterocycles. The van der Waals surface area contributed by atoms with Crippen LogP contribution in [-0.4, -0.2) is 18.0 Å². The minimum atomic E-state index is -0.149. The second-order valence-electron chi connectivity index (χ2n) is 5.48. The predicted molar refractivity (Wildman–Crippen MR) is 80.1 cm³/mol. The van der Waals surface area contributed by atoms with Gasteiger partial charge in [0.15, 0.2) is 5.96 Å². The third-order valence-corrected chi connectivity index (χ3v) is 2.53. The van der Waals surface area contributed by atoms with Crippen molar-refractivity contribution in [2.45, 2.75) is 46.1 Å². The molecule has 0 aliphatic rings. The van der Waals surface area contributed by atoms with Crippen LogP contribution in [0.3, 0.4) is 0 Å². The number of hydrogen-bond acceptors (Lipinski definition) is 1. The molecule has 0 amide bonds. The molecule has 0 aliphatic heterocycles. The van der Waals surface area contributed by atoms with Crippen molar-refractivity contribution < 1.29 is 0 Å². The molecule has 0 atom stereocenters. The number of nitrogens with two attached hydrogens (primary N) is 1. The summed E-state index contributed by atoms with van der Waals surface area (Å²) >= 11 is 0. The molecule has 1 aromatic carbocycles. The molecule has 1 rings (SSSR count). The van der Waals surface area contributed by atoms with E-state index in [2.05, 4.69) is 49.7 Å². The SMILES string of the molecule is CCCCN(C(N)=NC(C)(C)C)c1ccccc1. The number of unbranched alkanes of at least 4 members (excludes halogenated alkanes) is 1. The molecule has 3 heteroatoms. The summed E-state index contributed by atoms with van der Waals surface area (Å²) in [5.41, 5.74) is 7.11. The van der Waals surface area contributed by atoms with Crippen LogP contribution in [0.15, 0.2) is 35.3 Å². The van der Waals surface area contributed by atoms with Crippen LogP contribution >= 0.6 is 0 Å². The van der Waals surface area contributed by atoms with Crippen LogP contribution in [0.1, 0.15) is 40.5 Å². The van der Waals surface area contributed by atoms with Gasteiger partial charge in [0.05, 0.1) is 5.54 Å². The van der Waals surface area contributed by atoms with E-state index >= 15 is 0 Å². The molecule has 0 fully saturated rings. The van der Waals surface area contributed by atoms with Crippen molar-refractivity contribution in [1.29, 1.82) is 0 Å². The van der Waals surface area contributed by atoms with E-state index in [1.54, 1.807) is 0 Å². The van der Waals surface area contributed by atoms with E-state index < -0.39 is 0 Å². The van der Waals surface area contributed by atoms with Crippen LogP contribution in [0.2, 0.25) is 0 Å². The third-order valence-electron chi connectivity index (χ3n) is 2.53. The minimum absolute atomic E-state index is 0.149. The average molecular weight is 247 g/mol. The lowest BCUT2D eigenvalue weighted by molar-refractivity contribution is 0.580. The summed E-state index contributed by atoms with van der Waals surface area (Å²) in [6.45, 7) is 9.26. The molecule has 0 radical (unpaired) electrons. The third kappa shape index (κ3) is 4.78. The number of para-hydroxylation sites is 1. The quantitative estimate of drug-likeness (QED) is 0.654. The normalized spacial score (nSPS) is 12.6. The minimum Gasteiger partial charge on any atom is -0.369 e. The van der Waals surface area contributed by atoms with Crippen molar-refractivity contribution in [3.63, 3.8) is 0 Å². The Balaban J connectivity index is 2.95. The molecule has 0 saturated carbocycles. The lowest BCUT2D eigenvalue weighted by Gasteiger charge is -2.26. The van der Waals surface area contributed by atoms with Crippen LogP contribution < -0.4 is 10.6 Å². The fourth-order valence-corrected chi connectivity index (χ4v) is 1.70. The van der Waals surface area contributed by atoms with Gasteiger partial charge in [-0.2, -0.15) is 0 Å². The van der Waals surface area contributed by atoms with Crippen LogP contribution in [0.5, 0.6) is 0 Å². The molecule has 0 heterocycles. The maximum atomic E-state index is 6.15. The molecular weight excluding hydrogens is 222 g/mol. The Hall–Kier alpha value is -1.51. The molecule has 0 aliphatic carbocycles. The summed E-state index contributed by atoms with van der Waals surface area (Å²) in [5, 5.41) is 0. The number of nitrogens with zero attached hydrogens (tertiary/aromatic N) is 2. The summed E-state index contributed by atoms with van der Waals surface area (Å²) in [7, 11) is 0. The molecule has 1 aromatic rings. The molecule has 2 N–H and O–H groups in total. The Labute approximate surface area is 111 Å². The molecule has 0 aromatic heterocycles. The molecule has 0 bridgehead atoms. The first-order valence-electron chi connectivity index (χ1n) is 6.62. The first-order chi connectivity index (χ1) is 8.44. The number of hydrogen-bond donors (Lipinski definition) is 1. The summed E-state index contributed by atoms with van der Waals surface area (Å²) in [5.74, 6) is 0.599. The van der Waals surface area contributed by atoms with Crippen molar-refractivity contribution in [3.8, 4) is 0 Å². The Bertz CT molecular complexity index is 376. The lowest BCUT2D eigenvalue weighted by atomic mass is 10.1. The Morgan fingerprint density at radius 2 is 1.83 bits per heavy atom. The van der Waals surface area contributed by atoms with Crippen molar-refractivity contribution in [2.24, 2.45) is 10.7 Å². The summed E-state index contributed by atoms with van der Waals surface area (Å²) < 4.78 is 0. The Morgan fingerprint density at radius 3 is 2.33 bits per heavy atom. The van der Waals surface area contributed by atoms with Crippen molar-refractivity contribution in [3.05, 3.63) is 30.3 Å². The van der Waals surface area contributed by atoms with E-state index in [1.807, 2.05) is 18.2 Å². The standard InChI is InChI=1S/C15H25N3/c1-5-6-12-18(13-10-8-7-9-11-13)14(16)17-15(2,3)4/h7-11H,5-6,12H2,1-4H3,(H2,16,17). The van der Waals surface area contributed by atoms with E-state index in [0.717, 1.165) is 25.1 Å². The second kappa shape index (κ2) is 6.43. The van der Waals surface area contributed by atoms with Crippen LogP contribution in [0.25, 0.3) is 0 Å². The van der Waals surface area contributed by atoms with Gasteiger partial charge in [0, 0.05) is 12.2 Å². The van der Waals surface area contributed by atoms with E-state index in [0.29, 0.717) is 5.96 Å². The first-order valence-corrected chi connectivity index (χ1v) is 6.62. The number of aliphatic imine (C=N–C) groups is 1. The topological polar surface area (TPSA) is 41.6 Å². The highest BCUT2D eigenvalue weighted by atomic mass is 15.3. The zero-order valence-corrected chi connectivity index (χ0v) is 12.0. The number of guanidine groups is 1. The highest BCUT2D eigenvalue weighted by Gasteiger charge is 2.14. The van der Waals surface area contributed by atoms with E-state index in [4.69, 9.17) is 5.73 Å². The largest absolute Gasteiger partial charge is 0.369 e. The molecular formula is C15H25N3. The molecule has 3 nitrogen and oxygen atoms in total. The number of benzene rings is 1. The molecule has 18 heavy (non-hydrogen) atoms. The van der Waals surface area contributed by atoms with Gasteiger partial charge in [-0.15, -0.1) is 0 Å². The first kappa shape index (κ1) is 14.6. The molecule has 0 unspecified atom stereocenters. The van der Waals surface area contributed by atoms with Gasteiger partial charge in [0.1, 0.15) is 0 Å². The van der Waals surface area contributed by atoms with E-state index in [-0.39, 0.29) is 5.54 Å². The van der Waals surface area contributed by atoms with Gasteiger partial charge in [-0.1, -0.05) is 31.5 Å². The van der Waals surface area contributed by atoms with Gasteiger partial charge >= 0.3 is 0 Å². The fourth-order valence-electron chi connectivity index (χ4n) is 1.70. The molecule has 100 valence electrons. The molecule has 0 spiro atoms. The van der Waals surface area contributed by atoms with Crippen LogP contribution in [0, 0.1) is 0 Å². The van der Waals surface area contributed by atoms with Crippen LogP contribution in [0.4, 0.5) is 5.69 Å². The highest BCUT2D eigenvalue weighted by molar-refractivity contribution is 5.95. The summed E-state index contributed by atoms with van der Waals surface area (Å²) in [6, 6.07) is 10.2. The summed E-state index contributed by atoms with van der Waals surface area (Å²) in [4.78, 5) is 6.65. The average Bonchev–Trinajstić information content (AvgIpc) is 2.28. The highest BCUT2D eigenvalue weighted by Crippen LogP contribution is 2.16. The predicted octanol–water partition coefficient (Wildman–Crippen LogP) is 3.41. The number of anilines is 1. The van der Waals surface area contributed by atoms with Gasteiger partial charge in [-0.3, -0.25) is 0 Å². The van der Waals surface area contributed by atoms with Gasteiger partial charge in [0.2, 0.25) is 0 Å². The maximum Gasteiger partial charge on any atom is 0.196 e. The zero-order chi connectivity index (χ0) is 13.6. The van der Waals surface area contributed by atoms with Gasteiger partial charge < -0.3 is 10.6 Å². The van der Waals surface area contributed by atoms with E-state index in [9.17, 15) is 0 Å². The van der Waals surface area contributed by atoms with E-state index in [1.165, 1.54) is 0 Å². The monoisotopic (exact) mass is 247 g/mol. The Kier molecular flexibility index (Phi) is 5.20. The van der Waals surface area contributed by atoms with Crippen LogP contribution in [-0.2, 0) is 0 Å². The summed E-state index contributed by atoms with van der Waals surface area (Å²) in [6.07, 6.45) is 2.25. The number of rotatable bonds is 4. The fraction of sp³-hybridized carbons (Fsp3) is 0.533. The van der Waals surface area contributed by atoms with Crippen molar-refractivity contribution in [1.82, 2.24) is 0 Å².